The number of hydrogen-bond donors (Lipinski definition) is 2. The summed E-state index contributed by atoms with van der Waals surface area (Å²) in [6.07, 6.45) is 3.26. The minimum absolute atomic E-state index is 0.0179. The number of nitrogens with one attached hydrogen (secondary N) is 2. The maximum absolute atomic E-state index is 12.6. The number of hydrogen-bond acceptors (Lipinski definition) is 3. The molecule has 0 radical (unpaired) electrons. The normalized spacial score (nSPS) is 13.7. The first kappa shape index (κ1) is 19.3. The van der Waals surface area contributed by atoms with E-state index >= 15 is 0 Å². The van der Waals surface area contributed by atoms with Gasteiger partial charge in [0.1, 0.15) is 0 Å². The molecule has 0 aromatic heterocycles. The topological polar surface area (TPSA) is 61.4 Å². The second-order valence-electron chi connectivity index (χ2n) is 6.32. The highest BCUT2D eigenvalue weighted by Crippen LogP contribution is 2.17. The van der Waals surface area contributed by atoms with Crippen LogP contribution in [-0.2, 0) is 0 Å². The van der Waals surface area contributed by atoms with Gasteiger partial charge in [0.25, 0.3) is 11.8 Å². The minimum atomic E-state index is -0.390. The summed E-state index contributed by atoms with van der Waals surface area (Å²) in [6.45, 7) is 1.59. The Morgan fingerprint density at radius 2 is 1.74 bits per heavy atom. The van der Waals surface area contributed by atoms with Crippen molar-refractivity contribution in [2.24, 2.45) is 0 Å². The lowest BCUT2D eigenvalue weighted by Crippen LogP contribution is -2.36. The van der Waals surface area contributed by atoms with Gasteiger partial charge in [-0.05, 0) is 61.8 Å². The molecule has 0 unspecified atom stereocenters. The highest BCUT2D eigenvalue weighted by molar-refractivity contribution is 7.80. The second kappa shape index (κ2) is 8.97. The number of likely N-dealkylation sites (tertiary alicyclic amines) is 1. The summed E-state index contributed by atoms with van der Waals surface area (Å²) in [5.74, 6) is -0.372. The van der Waals surface area contributed by atoms with Gasteiger partial charge in [0.05, 0.1) is 10.6 Å². The van der Waals surface area contributed by atoms with Crippen LogP contribution < -0.4 is 10.6 Å². The predicted molar refractivity (Wildman–Crippen MR) is 111 cm³/mol. The molecule has 5 nitrogen and oxygen atoms in total. The number of nitrogens with zero attached hydrogens (tertiary/aromatic N) is 1. The molecule has 3 rings (SSSR count). The van der Waals surface area contributed by atoms with E-state index in [2.05, 4.69) is 10.6 Å². The molecule has 0 spiro atoms. The largest absolute Gasteiger partial charge is 0.339 e. The third kappa shape index (κ3) is 5.05. The summed E-state index contributed by atoms with van der Waals surface area (Å²) in [5, 5.41) is 6.04. The summed E-state index contributed by atoms with van der Waals surface area (Å²) < 4.78 is 0. The van der Waals surface area contributed by atoms with Crippen molar-refractivity contribution in [2.45, 2.75) is 19.3 Å². The molecule has 1 saturated heterocycles. The molecule has 0 bridgehead atoms. The quantitative estimate of drug-likeness (QED) is 0.760. The molecule has 1 fully saturated rings. The molecular formula is C20H20ClN3O2S. The zero-order valence-corrected chi connectivity index (χ0v) is 16.3. The number of carbonyl (C=O) groups is 2. The molecule has 1 aliphatic rings. The van der Waals surface area contributed by atoms with E-state index in [1.165, 1.54) is 6.42 Å². The number of piperidine rings is 1. The Labute approximate surface area is 168 Å². The first-order valence-electron chi connectivity index (χ1n) is 8.81. The Morgan fingerprint density at radius 3 is 2.48 bits per heavy atom. The fraction of sp³-hybridized carbons (Fsp3) is 0.250. The van der Waals surface area contributed by atoms with Crippen molar-refractivity contribution in [1.29, 1.82) is 0 Å². The van der Waals surface area contributed by atoms with Crippen molar-refractivity contribution in [3.8, 4) is 0 Å². The van der Waals surface area contributed by atoms with Crippen molar-refractivity contribution in [2.75, 3.05) is 18.4 Å². The molecule has 0 saturated carbocycles. The molecular weight excluding hydrogens is 382 g/mol. The summed E-state index contributed by atoms with van der Waals surface area (Å²) in [5.41, 5.74) is 1.58. The van der Waals surface area contributed by atoms with E-state index in [9.17, 15) is 9.59 Å². The lowest BCUT2D eigenvalue weighted by Gasteiger charge is -2.26. The van der Waals surface area contributed by atoms with Gasteiger partial charge in [0.2, 0.25) is 0 Å². The fourth-order valence-electron chi connectivity index (χ4n) is 2.99. The standard InChI is InChI=1S/C20H20ClN3O2S/c21-17-10-3-2-9-16(17)18(25)23-20(27)22-15-8-6-7-14(13-15)19(26)24-11-4-1-5-12-24/h2-3,6-10,13H,1,4-5,11-12H2,(H2,22,23,25,27). The molecule has 2 aromatic rings. The second-order valence-corrected chi connectivity index (χ2v) is 7.14. The van der Waals surface area contributed by atoms with Gasteiger partial charge in [-0.15, -0.1) is 0 Å². The van der Waals surface area contributed by atoms with Crippen molar-refractivity contribution >= 4 is 46.4 Å². The molecule has 1 aliphatic heterocycles. The molecule has 7 heteroatoms. The van der Waals surface area contributed by atoms with Crippen LogP contribution in [0.1, 0.15) is 40.0 Å². The van der Waals surface area contributed by atoms with Crippen LogP contribution in [0, 0.1) is 0 Å². The van der Waals surface area contributed by atoms with Crippen LogP contribution in [0.2, 0.25) is 5.02 Å². The SMILES string of the molecule is O=C(NC(=S)Nc1cccc(C(=O)N2CCCCC2)c1)c1ccccc1Cl. The van der Waals surface area contributed by atoms with E-state index < -0.39 is 5.91 Å². The molecule has 2 N–H and O–H groups in total. The van der Waals surface area contributed by atoms with E-state index in [0.717, 1.165) is 25.9 Å². The summed E-state index contributed by atoms with van der Waals surface area (Å²) >= 11 is 11.2. The number of amides is 2. The molecule has 27 heavy (non-hydrogen) atoms. The summed E-state index contributed by atoms with van der Waals surface area (Å²) in [4.78, 5) is 26.8. The third-order valence-corrected chi connectivity index (χ3v) is 4.89. The van der Waals surface area contributed by atoms with Gasteiger partial charge in [-0.2, -0.15) is 0 Å². The van der Waals surface area contributed by atoms with Crippen LogP contribution in [0.25, 0.3) is 0 Å². The van der Waals surface area contributed by atoms with Gasteiger partial charge >= 0.3 is 0 Å². The number of rotatable bonds is 3. The van der Waals surface area contributed by atoms with Crippen LogP contribution in [0.15, 0.2) is 48.5 Å². The summed E-state index contributed by atoms with van der Waals surface area (Å²) in [6, 6.07) is 13.9. The van der Waals surface area contributed by atoms with Gasteiger partial charge in [0, 0.05) is 24.3 Å². The van der Waals surface area contributed by atoms with E-state index in [1.807, 2.05) is 4.90 Å². The van der Waals surface area contributed by atoms with Gasteiger partial charge < -0.3 is 10.2 Å². The van der Waals surface area contributed by atoms with Gasteiger partial charge in [-0.1, -0.05) is 29.8 Å². The lowest BCUT2D eigenvalue weighted by atomic mass is 10.1. The molecule has 140 valence electrons. The molecule has 2 amide bonds. The number of anilines is 1. The van der Waals surface area contributed by atoms with Crippen LogP contribution in [0.4, 0.5) is 5.69 Å². The first-order chi connectivity index (χ1) is 13.0. The fourth-order valence-corrected chi connectivity index (χ4v) is 3.42. The Morgan fingerprint density at radius 1 is 1.00 bits per heavy atom. The van der Waals surface area contributed by atoms with Crippen LogP contribution >= 0.6 is 23.8 Å². The minimum Gasteiger partial charge on any atom is -0.339 e. The maximum atomic E-state index is 12.6. The average Bonchev–Trinajstić information content (AvgIpc) is 2.68. The monoisotopic (exact) mass is 401 g/mol. The molecule has 1 heterocycles. The number of halogens is 1. The Kier molecular flexibility index (Phi) is 6.42. The number of thiocarbonyl (C=S) groups is 1. The van der Waals surface area contributed by atoms with Crippen molar-refractivity contribution < 1.29 is 9.59 Å². The Hall–Kier alpha value is -2.44. The smallest absolute Gasteiger partial charge is 0.258 e. The average molecular weight is 402 g/mol. The predicted octanol–water partition coefficient (Wildman–Crippen LogP) is 4.09. The molecule has 2 aromatic carbocycles. The summed E-state index contributed by atoms with van der Waals surface area (Å²) in [7, 11) is 0. The van der Waals surface area contributed by atoms with Gasteiger partial charge in [0.15, 0.2) is 5.11 Å². The van der Waals surface area contributed by atoms with Gasteiger partial charge in [-0.25, -0.2) is 0 Å². The number of carbonyl (C=O) groups excluding carboxylic acids is 2. The van der Waals surface area contributed by atoms with Crippen molar-refractivity contribution in [1.82, 2.24) is 10.2 Å². The number of benzene rings is 2. The Balaban J connectivity index is 1.63. The van der Waals surface area contributed by atoms with E-state index in [-0.39, 0.29) is 11.0 Å². The van der Waals surface area contributed by atoms with E-state index in [1.54, 1.807) is 48.5 Å². The van der Waals surface area contributed by atoms with Crippen molar-refractivity contribution in [3.05, 3.63) is 64.7 Å². The highest BCUT2D eigenvalue weighted by Gasteiger charge is 2.18. The van der Waals surface area contributed by atoms with Gasteiger partial charge in [-0.3, -0.25) is 14.9 Å². The lowest BCUT2D eigenvalue weighted by molar-refractivity contribution is 0.0724. The third-order valence-electron chi connectivity index (χ3n) is 4.36. The van der Waals surface area contributed by atoms with Crippen LogP contribution in [0.3, 0.4) is 0 Å². The maximum Gasteiger partial charge on any atom is 0.258 e. The highest BCUT2D eigenvalue weighted by atomic mass is 35.5. The molecule has 0 atom stereocenters. The van der Waals surface area contributed by atoms with Crippen molar-refractivity contribution in [3.63, 3.8) is 0 Å². The first-order valence-corrected chi connectivity index (χ1v) is 9.59. The molecule has 0 aliphatic carbocycles. The zero-order valence-electron chi connectivity index (χ0n) is 14.7. The Bertz CT molecular complexity index is 866. The van der Waals surface area contributed by atoms with Crippen LogP contribution in [0.5, 0.6) is 0 Å². The van der Waals surface area contributed by atoms with E-state index in [0.29, 0.717) is 21.8 Å². The van der Waals surface area contributed by atoms with Crippen LogP contribution in [-0.4, -0.2) is 34.9 Å². The zero-order chi connectivity index (χ0) is 19.2. The van der Waals surface area contributed by atoms with E-state index in [4.69, 9.17) is 23.8 Å².